The Kier molecular flexibility index (Phi) is 25.3. The molecule has 24 heteroatoms. The highest BCUT2D eigenvalue weighted by molar-refractivity contribution is 6.59. The fourth-order valence-corrected chi connectivity index (χ4v) is 9.19. The van der Waals surface area contributed by atoms with E-state index in [4.69, 9.17) is 24.0 Å². The SMILES string of the molecule is C=C(C)C(=O)NCCCNC(=O)c1cc(-c2cc[n+](Cc3ccccc3O[B]O)cc2)c[n+](Cc2ccccc2O[B]O)c1.C=C(C)C(=O)NCCCNC(=O)c1cc(-c2ccc[n+](Cc3ccccc3O[B]O)c2)c[n+](Cc2ccccc2B(O)O)c1. The molecule has 9 N–H and O–H groups in total. The Labute approximate surface area is 514 Å². The number of hydrogen-bond acceptors (Lipinski definition) is 12. The number of hydrogen-bond donors (Lipinski definition) is 9. The van der Waals surface area contributed by atoms with Crippen molar-refractivity contribution in [2.24, 2.45) is 0 Å². The van der Waals surface area contributed by atoms with E-state index in [0.29, 0.717) is 139 Å². The molecular formula is C64H69B4N8O12+4. The van der Waals surface area contributed by atoms with E-state index in [0.717, 1.165) is 38.9 Å². The Balaban J connectivity index is 0.000000251. The van der Waals surface area contributed by atoms with Gasteiger partial charge in [-0.2, -0.15) is 9.13 Å². The van der Waals surface area contributed by atoms with Gasteiger partial charge in [-0.05, 0) is 92.3 Å². The molecular weight excluding hydrogens is 1120 g/mol. The zero-order chi connectivity index (χ0) is 62.8. The second-order valence-corrected chi connectivity index (χ2v) is 20.4. The van der Waals surface area contributed by atoms with Gasteiger partial charge in [-0.15, -0.1) is 0 Å². The first kappa shape index (κ1) is 65.8. The average Bonchev–Trinajstić information content (AvgIpc) is 3.17. The standard InChI is InChI=1S/C32H33B2N4O6.C32H32B2N4O6/c1-23(2)31(39)35-14-8-15-36-32(40)28-17-27(21-38(22-28)19-25-9-3-5-12-29(25)34(42)43)24-11-7-16-37(18-24)20-26-10-4-6-13-30(26)44-33-41;1-23(2)31(39)35-14-7-15-36-32(40)28-18-27(21-38(22-28)20-26-9-4-6-11-30(26)44-34-42)24-12-16-37(17-13-24)19-25-8-3-5-10-29(25)43-33-41/h3-7,9-13,16-18,21-22,41-43H,1,8,14-15,19-20H2,2H3;3-6,8-13,16-18,21-22,41-42H,1,7,14-15,19-20H2,2H3/p+4. The number of carbonyl (C=O) groups is 4. The molecule has 0 saturated carbocycles. The van der Waals surface area contributed by atoms with E-state index >= 15 is 0 Å². The maximum absolute atomic E-state index is 13.3. The number of rotatable bonds is 29. The molecule has 88 heavy (non-hydrogen) atoms. The molecule has 0 atom stereocenters. The Bertz CT molecular complexity index is 3710. The third-order valence-corrected chi connectivity index (χ3v) is 13.6. The molecule has 4 amide bonds. The lowest BCUT2D eigenvalue weighted by Gasteiger charge is -2.10. The summed E-state index contributed by atoms with van der Waals surface area (Å²) in [6.45, 7) is 13.8. The van der Waals surface area contributed by atoms with Crippen molar-refractivity contribution < 1.29 is 76.5 Å². The van der Waals surface area contributed by atoms with Crippen LogP contribution in [0.4, 0.5) is 0 Å². The summed E-state index contributed by atoms with van der Waals surface area (Å²) < 4.78 is 23.4. The van der Waals surface area contributed by atoms with E-state index in [1.165, 1.54) is 0 Å². The largest absolute Gasteiger partial charge is 0.569 e. The Morgan fingerprint density at radius 1 is 0.443 bits per heavy atom. The van der Waals surface area contributed by atoms with Gasteiger partial charge in [0.15, 0.2) is 75.8 Å². The lowest BCUT2D eigenvalue weighted by atomic mass is 9.77. The van der Waals surface area contributed by atoms with Crippen LogP contribution >= 0.6 is 0 Å². The lowest BCUT2D eigenvalue weighted by molar-refractivity contribution is -0.689. The number of nitrogens with one attached hydrogen (secondary N) is 4. The highest BCUT2D eigenvalue weighted by atomic mass is 16.5. The highest BCUT2D eigenvalue weighted by Gasteiger charge is 2.23. The first-order chi connectivity index (χ1) is 42.6. The van der Waals surface area contributed by atoms with Gasteiger partial charge in [0.25, 0.3) is 11.8 Å². The van der Waals surface area contributed by atoms with Crippen molar-refractivity contribution in [3.63, 3.8) is 0 Å². The van der Waals surface area contributed by atoms with Crippen LogP contribution in [0.5, 0.6) is 17.2 Å². The van der Waals surface area contributed by atoms with Crippen LogP contribution in [0.25, 0.3) is 22.3 Å². The molecule has 0 unspecified atom stereocenters. The molecule has 0 saturated heterocycles. The zero-order valence-corrected chi connectivity index (χ0v) is 49.0. The van der Waals surface area contributed by atoms with E-state index in [1.54, 1.807) is 62.6 Å². The summed E-state index contributed by atoms with van der Waals surface area (Å²) in [5.41, 5.74) is 8.73. The predicted octanol–water partition coefficient (Wildman–Crippen LogP) is 2.07. The van der Waals surface area contributed by atoms with Crippen molar-refractivity contribution in [3.05, 3.63) is 241 Å². The van der Waals surface area contributed by atoms with Crippen LogP contribution in [0.3, 0.4) is 0 Å². The minimum Gasteiger partial charge on any atom is -0.537 e. The molecule has 0 spiro atoms. The normalized spacial score (nSPS) is 10.5. The first-order valence-corrected chi connectivity index (χ1v) is 28.2. The molecule has 4 aromatic heterocycles. The molecule has 20 nitrogen and oxygen atoms in total. The molecule has 8 rings (SSSR count). The van der Waals surface area contributed by atoms with Crippen molar-refractivity contribution in [3.8, 4) is 39.5 Å². The molecule has 3 radical (unpaired) electrons. The van der Waals surface area contributed by atoms with Gasteiger partial charge in [-0.25, -0.2) is 9.13 Å². The molecule has 0 aliphatic rings. The summed E-state index contributed by atoms with van der Waals surface area (Å²) >= 11 is 0. The highest BCUT2D eigenvalue weighted by Crippen LogP contribution is 2.23. The van der Waals surface area contributed by atoms with Gasteiger partial charge >= 0.3 is 30.2 Å². The van der Waals surface area contributed by atoms with Gasteiger partial charge in [0.1, 0.15) is 28.4 Å². The number of amides is 4. The summed E-state index contributed by atoms with van der Waals surface area (Å²) in [4.78, 5) is 49.9. The number of aromatic nitrogens is 4. The molecule has 8 aromatic rings. The minimum absolute atomic E-state index is 0.210. The fourth-order valence-electron chi connectivity index (χ4n) is 9.19. The second kappa shape index (κ2) is 33.9. The summed E-state index contributed by atoms with van der Waals surface area (Å²) in [7, 11) is 0.329. The Hall–Kier alpha value is -9.70. The van der Waals surface area contributed by atoms with Gasteiger partial charge < -0.3 is 60.4 Å². The van der Waals surface area contributed by atoms with Gasteiger partial charge in [0.05, 0.1) is 27.8 Å². The molecule has 0 aliphatic carbocycles. The van der Waals surface area contributed by atoms with E-state index in [-0.39, 0.29) is 23.6 Å². The quantitative estimate of drug-likeness (QED) is 0.0141. The van der Waals surface area contributed by atoms with Gasteiger partial charge in [-0.3, -0.25) is 19.2 Å². The number of benzene rings is 4. The Morgan fingerprint density at radius 3 is 1.28 bits per heavy atom. The second-order valence-electron chi connectivity index (χ2n) is 20.4. The molecule has 4 aromatic carbocycles. The number of nitrogens with zero attached hydrogens (tertiary/aromatic N) is 4. The zero-order valence-electron chi connectivity index (χ0n) is 49.0. The molecule has 4 heterocycles. The van der Waals surface area contributed by atoms with Crippen LogP contribution in [-0.4, -0.2) is 105 Å². The molecule has 0 aliphatic heterocycles. The molecule has 0 fully saturated rings. The predicted molar refractivity (Wildman–Crippen MR) is 332 cm³/mol. The summed E-state index contributed by atoms with van der Waals surface area (Å²) in [6, 6.07) is 40.6. The topological polar surface area (TPSA) is 261 Å². The van der Waals surface area contributed by atoms with Crippen molar-refractivity contribution in [2.75, 3.05) is 26.2 Å². The molecule has 0 bridgehead atoms. The van der Waals surface area contributed by atoms with Gasteiger partial charge in [0, 0.05) is 66.7 Å². The van der Waals surface area contributed by atoms with Crippen LogP contribution in [0.2, 0.25) is 0 Å². The number of pyridine rings is 4. The minimum atomic E-state index is -1.63. The van der Waals surface area contributed by atoms with E-state index in [1.807, 2.05) is 153 Å². The Morgan fingerprint density at radius 2 is 0.830 bits per heavy atom. The summed E-state index contributed by atoms with van der Waals surface area (Å²) in [5, 5.41) is 58.6. The molecule has 445 valence electrons. The van der Waals surface area contributed by atoms with Crippen molar-refractivity contribution >= 4 is 59.3 Å². The maximum atomic E-state index is 13.3. The third kappa shape index (κ3) is 19.9. The van der Waals surface area contributed by atoms with Crippen LogP contribution in [-0.2, 0) is 35.8 Å². The van der Waals surface area contributed by atoms with Gasteiger partial charge in [0.2, 0.25) is 11.8 Å². The summed E-state index contributed by atoms with van der Waals surface area (Å²) in [5.74, 6) is 0.640. The first-order valence-electron chi connectivity index (χ1n) is 28.2. The van der Waals surface area contributed by atoms with Gasteiger partial charge in [-0.1, -0.05) is 73.8 Å². The smallest absolute Gasteiger partial charge is 0.537 e. The van der Waals surface area contributed by atoms with Crippen molar-refractivity contribution in [2.45, 2.75) is 52.9 Å². The van der Waals surface area contributed by atoms with E-state index in [9.17, 15) is 34.3 Å². The third-order valence-electron chi connectivity index (χ3n) is 13.6. The van der Waals surface area contributed by atoms with Crippen LogP contribution in [0.1, 0.15) is 69.7 Å². The fraction of sp³-hybridized carbons (Fsp3) is 0.188. The maximum Gasteiger partial charge on any atom is 0.569 e. The van der Waals surface area contributed by atoms with Crippen LogP contribution in [0, 0.1) is 0 Å². The lowest BCUT2D eigenvalue weighted by Crippen LogP contribution is -2.41. The van der Waals surface area contributed by atoms with E-state index < -0.39 is 7.12 Å². The monoisotopic (exact) mass is 1190 g/mol. The van der Waals surface area contributed by atoms with Crippen molar-refractivity contribution in [1.29, 1.82) is 0 Å². The van der Waals surface area contributed by atoms with Crippen molar-refractivity contribution in [1.82, 2.24) is 21.3 Å². The number of carbonyl (C=O) groups excluding carboxylic acids is 4. The number of para-hydroxylation sites is 3. The average molecular weight is 1190 g/mol. The van der Waals surface area contributed by atoms with Crippen LogP contribution in [0.15, 0.2) is 207 Å². The summed E-state index contributed by atoms with van der Waals surface area (Å²) in [6.07, 6.45) is 16.2. The van der Waals surface area contributed by atoms with E-state index in [2.05, 4.69) is 34.4 Å². The van der Waals surface area contributed by atoms with Crippen LogP contribution < -0.4 is 59.0 Å².